The van der Waals surface area contributed by atoms with Crippen LogP contribution in [-0.4, -0.2) is 23.6 Å². The Morgan fingerprint density at radius 1 is 1.40 bits per heavy atom. The van der Waals surface area contributed by atoms with Crippen molar-refractivity contribution in [1.82, 2.24) is 15.3 Å². The molecule has 1 atom stereocenters. The largest absolute Gasteiger partial charge is 0.481 e. The number of hydrogen-bond acceptors (Lipinski definition) is 4. The van der Waals surface area contributed by atoms with Gasteiger partial charge in [0, 0.05) is 11.7 Å². The Bertz CT molecular complexity index is 335. The van der Waals surface area contributed by atoms with Crippen LogP contribution in [0.5, 0.6) is 5.88 Å². The fraction of sp³-hybridized carbons (Fsp3) is 0.636. The van der Waals surface area contributed by atoms with Gasteiger partial charge in [-0.15, -0.1) is 0 Å². The molecular weight excluding hydrogens is 190 g/mol. The van der Waals surface area contributed by atoms with Crippen molar-refractivity contribution in [3.05, 3.63) is 17.6 Å². The van der Waals surface area contributed by atoms with Gasteiger partial charge in [-0.2, -0.15) is 0 Å². The van der Waals surface area contributed by atoms with Gasteiger partial charge in [0.1, 0.15) is 6.33 Å². The van der Waals surface area contributed by atoms with Gasteiger partial charge in [0.05, 0.1) is 12.7 Å². The summed E-state index contributed by atoms with van der Waals surface area (Å²) in [7, 11) is 1.66. The molecule has 1 N–H and O–H groups in total. The SMILES string of the molecule is COc1ncnc(C)c1C1CCCCN1. The standard InChI is InChI=1S/C11H17N3O/c1-8-10(9-5-3-4-6-12-9)11(15-2)14-7-13-8/h7,9,12H,3-6H2,1-2H3. The molecule has 0 spiro atoms. The van der Waals surface area contributed by atoms with E-state index in [1.54, 1.807) is 13.4 Å². The summed E-state index contributed by atoms with van der Waals surface area (Å²) in [6.07, 6.45) is 5.21. The second-order valence-corrected chi connectivity index (χ2v) is 3.88. The molecule has 1 aliphatic heterocycles. The monoisotopic (exact) mass is 207 g/mol. The minimum absolute atomic E-state index is 0.356. The maximum atomic E-state index is 5.29. The molecule has 1 saturated heterocycles. The van der Waals surface area contributed by atoms with Gasteiger partial charge in [0.2, 0.25) is 5.88 Å². The van der Waals surface area contributed by atoms with Gasteiger partial charge in [-0.1, -0.05) is 6.42 Å². The molecule has 1 unspecified atom stereocenters. The van der Waals surface area contributed by atoms with Crippen LogP contribution in [0.4, 0.5) is 0 Å². The summed E-state index contributed by atoms with van der Waals surface area (Å²) in [6.45, 7) is 3.08. The van der Waals surface area contributed by atoms with Crippen molar-refractivity contribution in [1.29, 1.82) is 0 Å². The van der Waals surface area contributed by atoms with Crippen molar-refractivity contribution >= 4 is 0 Å². The van der Waals surface area contributed by atoms with Gasteiger partial charge >= 0.3 is 0 Å². The van der Waals surface area contributed by atoms with E-state index in [1.807, 2.05) is 6.92 Å². The van der Waals surface area contributed by atoms with Gasteiger partial charge in [-0.05, 0) is 26.3 Å². The van der Waals surface area contributed by atoms with Crippen LogP contribution in [0.25, 0.3) is 0 Å². The summed E-state index contributed by atoms with van der Waals surface area (Å²) in [4.78, 5) is 8.39. The number of rotatable bonds is 2. The molecule has 1 fully saturated rings. The van der Waals surface area contributed by atoms with Crippen LogP contribution in [-0.2, 0) is 0 Å². The van der Waals surface area contributed by atoms with Crippen LogP contribution in [0.1, 0.15) is 36.6 Å². The molecule has 4 heteroatoms. The van der Waals surface area contributed by atoms with E-state index in [-0.39, 0.29) is 0 Å². The number of aryl methyl sites for hydroxylation is 1. The van der Waals surface area contributed by atoms with Crippen molar-refractivity contribution in [2.45, 2.75) is 32.2 Å². The molecule has 15 heavy (non-hydrogen) atoms. The molecule has 2 rings (SSSR count). The van der Waals surface area contributed by atoms with E-state index in [0.717, 1.165) is 24.2 Å². The molecule has 0 bridgehead atoms. The molecule has 4 nitrogen and oxygen atoms in total. The van der Waals surface area contributed by atoms with E-state index < -0.39 is 0 Å². The smallest absolute Gasteiger partial charge is 0.221 e. The lowest BCUT2D eigenvalue weighted by Gasteiger charge is -2.25. The van der Waals surface area contributed by atoms with Gasteiger partial charge < -0.3 is 10.1 Å². The lowest BCUT2D eigenvalue weighted by Crippen LogP contribution is -2.28. The highest BCUT2D eigenvalue weighted by Crippen LogP contribution is 2.30. The summed E-state index contributed by atoms with van der Waals surface area (Å²) in [6, 6.07) is 0.356. The molecule has 0 amide bonds. The lowest BCUT2D eigenvalue weighted by molar-refractivity contribution is 0.359. The Kier molecular flexibility index (Phi) is 3.16. The molecule has 1 aliphatic rings. The first-order valence-corrected chi connectivity index (χ1v) is 5.42. The second-order valence-electron chi connectivity index (χ2n) is 3.88. The third kappa shape index (κ3) is 2.09. The van der Waals surface area contributed by atoms with E-state index in [1.165, 1.54) is 12.8 Å². The quantitative estimate of drug-likeness (QED) is 0.800. The first-order valence-electron chi connectivity index (χ1n) is 5.42. The van der Waals surface area contributed by atoms with Gasteiger partial charge in [0.15, 0.2) is 0 Å². The Morgan fingerprint density at radius 2 is 2.27 bits per heavy atom. The number of hydrogen-bond donors (Lipinski definition) is 1. The predicted octanol–water partition coefficient (Wildman–Crippen LogP) is 1.61. The van der Waals surface area contributed by atoms with E-state index in [0.29, 0.717) is 11.9 Å². The van der Waals surface area contributed by atoms with E-state index in [4.69, 9.17) is 4.74 Å². The highest BCUT2D eigenvalue weighted by Gasteiger charge is 2.21. The Hall–Kier alpha value is -1.16. The topological polar surface area (TPSA) is 47.0 Å². The number of nitrogens with zero attached hydrogens (tertiary/aromatic N) is 2. The fourth-order valence-corrected chi connectivity index (χ4v) is 2.12. The third-order valence-corrected chi connectivity index (χ3v) is 2.90. The highest BCUT2D eigenvalue weighted by molar-refractivity contribution is 5.32. The van der Waals surface area contributed by atoms with Crippen LogP contribution in [0.15, 0.2) is 6.33 Å². The Balaban J connectivity index is 2.31. The van der Waals surface area contributed by atoms with Crippen LogP contribution in [0.2, 0.25) is 0 Å². The molecular formula is C11H17N3O. The summed E-state index contributed by atoms with van der Waals surface area (Å²) in [5.74, 6) is 0.710. The number of nitrogens with one attached hydrogen (secondary N) is 1. The highest BCUT2D eigenvalue weighted by atomic mass is 16.5. The average molecular weight is 207 g/mol. The molecule has 2 heterocycles. The van der Waals surface area contributed by atoms with Crippen LogP contribution >= 0.6 is 0 Å². The summed E-state index contributed by atoms with van der Waals surface area (Å²) < 4.78 is 5.29. The predicted molar refractivity (Wildman–Crippen MR) is 57.9 cm³/mol. The minimum Gasteiger partial charge on any atom is -0.481 e. The lowest BCUT2D eigenvalue weighted by atomic mass is 9.97. The summed E-state index contributed by atoms with van der Waals surface area (Å²) >= 11 is 0. The maximum Gasteiger partial charge on any atom is 0.221 e. The fourth-order valence-electron chi connectivity index (χ4n) is 2.12. The van der Waals surface area contributed by atoms with Crippen molar-refractivity contribution in [2.24, 2.45) is 0 Å². The molecule has 0 aromatic carbocycles. The van der Waals surface area contributed by atoms with E-state index in [2.05, 4.69) is 15.3 Å². The molecule has 1 aromatic heterocycles. The summed E-state index contributed by atoms with van der Waals surface area (Å²) in [5.41, 5.74) is 2.14. The first-order chi connectivity index (χ1) is 7.33. The second kappa shape index (κ2) is 4.57. The molecule has 0 aliphatic carbocycles. The Morgan fingerprint density at radius 3 is 2.93 bits per heavy atom. The zero-order valence-corrected chi connectivity index (χ0v) is 9.29. The van der Waals surface area contributed by atoms with Crippen molar-refractivity contribution < 1.29 is 4.74 Å². The van der Waals surface area contributed by atoms with E-state index >= 15 is 0 Å². The van der Waals surface area contributed by atoms with Gasteiger partial charge in [-0.3, -0.25) is 0 Å². The number of ether oxygens (including phenoxy) is 1. The van der Waals surface area contributed by atoms with Crippen molar-refractivity contribution in [3.63, 3.8) is 0 Å². The van der Waals surface area contributed by atoms with Gasteiger partial charge in [0.25, 0.3) is 0 Å². The van der Waals surface area contributed by atoms with Crippen LogP contribution < -0.4 is 10.1 Å². The maximum absolute atomic E-state index is 5.29. The summed E-state index contributed by atoms with van der Waals surface area (Å²) in [5, 5.41) is 3.49. The average Bonchev–Trinajstić information content (AvgIpc) is 2.29. The van der Waals surface area contributed by atoms with Crippen molar-refractivity contribution in [3.8, 4) is 5.88 Å². The molecule has 82 valence electrons. The zero-order chi connectivity index (χ0) is 10.7. The van der Waals surface area contributed by atoms with Gasteiger partial charge in [-0.25, -0.2) is 9.97 Å². The third-order valence-electron chi connectivity index (χ3n) is 2.90. The van der Waals surface area contributed by atoms with Crippen LogP contribution in [0.3, 0.4) is 0 Å². The van der Waals surface area contributed by atoms with Crippen molar-refractivity contribution in [2.75, 3.05) is 13.7 Å². The molecule has 1 aromatic rings. The van der Waals surface area contributed by atoms with E-state index in [9.17, 15) is 0 Å². The molecule has 0 radical (unpaired) electrons. The van der Waals surface area contributed by atoms with Crippen LogP contribution in [0, 0.1) is 6.92 Å². The normalized spacial score (nSPS) is 21.3. The Labute approximate surface area is 90.1 Å². The molecule has 0 saturated carbocycles. The minimum atomic E-state index is 0.356. The zero-order valence-electron chi connectivity index (χ0n) is 9.29. The number of methoxy groups -OCH3 is 1. The first kappa shape index (κ1) is 10.4. The number of aromatic nitrogens is 2. The number of piperidine rings is 1.